The molecule has 0 amide bonds. The third kappa shape index (κ3) is 3.01. The number of rotatable bonds is 3. The smallest absolute Gasteiger partial charge is 0.233 e. The van der Waals surface area contributed by atoms with Gasteiger partial charge in [0.1, 0.15) is 5.75 Å². The fourth-order valence-electron chi connectivity index (χ4n) is 1.75. The fourth-order valence-corrected chi connectivity index (χ4v) is 2.18. The van der Waals surface area contributed by atoms with E-state index in [9.17, 15) is 4.79 Å². The van der Waals surface area contributed by atoms with Crippen LogP contribution in [0.2, 0.25) is 0 Å². The van der Waals surface area contributed by atoms with Crippen molar-refractivity contribution in [2.45, 2.75) is 20.8 Å². The van der Waals surface area contributed by atoms with Crippen LogP contribution in [-0.4, -0.2) is 10.8 Å². The SMILES string of the molecule is CC(=O)c1cnc(Oc2c(C)cccc2C)c(Br)c1. The van der Waals surface area contributed by atoms with Gasteiger partial charge in [-0.25, -0.2) is 4.98 Å². The highest BCUT2D eigenvalue weighted by atomic mass is 79.9. The summed E-state index contributed by atoms with van der Waals surface area (Å²) in [5.41, 5.74) is 2.65. The summed E-state index contributed by atoms with van der Waals surface area (Å²) in [4.78, 5) is 15.5. The normalized spacial score (nSPS) is 10.3. The van der Waals surface area contributed by atoms with Crippen molar-refractivity contribution in [3.63, 3.8) is 0 Å². The number of pyridine rings is 1. The Morgan fingerprint density at radius 1 is 1.26 bits per heavy atom. The van der Waals surface area contributed by atoms with Crippen molar-refractivity contribution in [1.29, 1.82) is 0 Å². The molecule has 0 aliphatic carbocycles. The molecule has 2 aromatic rings. The standard InChI is InChI=1S/C15H14BrNO2/c1-9-5-4-6-10(2)14(9)19-15-13(16)7-12(8-17-15)11(3)18/h4-8H,1-3H3. The summed E-state index contributed by atoms with van der Waals surface area (Å²) >= 11 is 3.38. The summed E-state index contributed by atoms with van der Waals surface area (Å²) < 4.78 is 6.51. The van der Waals surface area contributed by atoms with Crippen molar-refractivity contribution < 1.29 is 9.53 Å². The molecule has 98 valence electrons. The minimum atomic E-state index is -0.0215. The fraction of sp³-hybridized carbons (Fsp3) is 0.200. The molecule has 0 fully saturated rings. The minimum Gasteiger partial charge on any atom is -0.437 e. The lowest BCUT2D eigenvalue weighted by molar-refractivity contribution is 0.101. The molecule has 0 saturated heterocycles. The Morgan fingerprint density at radius 2 is 1.89 bits per heavy atom. The molecule has 0 aliphatic heterocycles. The molecule has 4 heteroatoms. The number of carbonyl (C=O) groups excluding carboxylic acids is 1. The van der Waals surface area contributed by atoms with E-state index in [1.807, 2.05) is 32.0 Å². The summed E-state index contributed by atoms with van der Waals surface area (Å²) in [5, 5.41) is 0. The van der Waals surface area contributed by atoms with Crippen LogP contribution in [0.4, 0.5) is 0 Å². The van der Waals surface area contributed by atoms with Crippen molar-refractivity contribution in [3.05, 3.63) is 51.6 Å². The number of hydrogen-bond donors (Lipinski definition) is 0. The van der Waals surface area contributed by atoms with Gasteiger partial charge in [0.25, 0.3) is 0 Å². The maximum Gasteiger partial charge on any atom is 0.233 e. The Morgan fingerprint density at radius 3 is 2.42 bits per heavy atom. The number of benzene rings is 1. The van der Waals surface area contributed by atoms with Gasteiger partial charge in [0.15, 0.2) is 5.78 Å². The van der Waals surface area contributed by atoms with E-state index in [0.717, 1.165) is 16.9 Å². The van der Waals surface area contributed by atoms with Gasteiger partial charge in [-0.05, 0) is 53.9 Å². The zero-order valence-electron chi connectivity index (χ0n) is 11.0. The quantitative estimate of drug-likeness (QED) is 0.784. The largest absolute Gasteiger partial charge is 0.437 e. The summed E-state index contributed by atoms with van der Waals surface area (Å²) in [6.45, 7) is 5.48. The number of aryl methyl sites for hydroxylation is 2. The lowest BCUT2D eigenvalue weighted by Crippen LogP contribution is -1.97. The summed E-state index contributed by atoms with van der Waals surface area (Å²) in [7, 11) is 0. The average molecular weight is 320 g/mol. The molecule has 0 N–H and O–H groups in total. The Hall–Kier alpha value is -1.68. The van der Waals surface area contributed by atoms with E-state index in [2.05, 4.69) is 20.9 Å². The molecule has 1 aromatic heterocycles. The topological polar surface area (TPSA) is 39.2 Å². The van der Waals surface area contributed by atoms with Crippen LogP contribution in [0.25, 0.3) is 0 Å². The minimum absolute atomic E-state index is 0.0215. The van der Waals surface area contributed by atoms with Crippen molar-refractivity contribution >= 4 is 21.7 Å². The zero-order chi connectivity index (χ0) is 14.0. The molecule has 0 radical (unpaired) electrons. The molecule has 3 nitrogen and oxygen atoms in total. The lowest BCUT2D eigenvalue weighted by atomic mass is 10.1. The van der Waals surface area contributed by atoms with E-state index in [-0.39, 0.29) is 5.78 Å². The van der Waals surface area contributed by atoms with Crippen LogP contribution < -0.4 is 4.74 Å². The van der Waals surface area contributed by atoms with Crippen LogP contribution in [-0.2, 0) is 0 Å². The highest BCUT2D eigenvalue weighted by molar-refractivity contribution is 9.10. The number of carbonyl (C=O) groups is 1. The van der Waals surface area contributed by atoms with Gasteiger partial charge in [-0.2, -0.15) is 0 Å². The second-order valence-electron chi connectivity index (χ2n) is 4.39. The summed E-state index contributed by atoms with van der Waals surface area (Å²) in [5.74, 6) is 1.24. The second-order valence-corrected chi connectivity index (χ2v) is 5.24. The number of Topliss-reactive ketones (excluding diaryl/α,β-unsaturated/α-hetero) is 1. The molecule has 0 aliphatic rings. The predicted octanol–water partition coefficient (Wildman–Crippen LogP) is 4.46. The van der Waals surface area contributed by atoms with E-state index in [0.29, 0.717) is 15.9 Å². The molecule has 19 heavy (non-hydrogen) atoms. The van der Waals surface area contributed by atoms with Crippen molar-refractivity contribution in [2.24, 2.45) is 0 Å². The van der Waals surface area contributed by atoms with Gasteiger partial charge in [0.05, 0.1) is 4.47 Å². The van der Waals surface area contributed by atoms with Crippen LogP contribution in [0.15, 0.2) is 34.9 Å². The maximum atomic E-state index is 11.3. The molecule has 2 rings (SSSR count). The molecule has 1 aromatic carbocycles. The molecule has 0 saturated carbocycles. The van der Waals surface area contributed by atoms with Crippen molar-refractivity contribution in [3.8, 4) is 11.6 Å². The van der Waals surface area contributed by atoms with Crippen LogP contribution >= 0.6 is 15.9 Å². The molecule has 0 unspecified atom stereocenters. The van der Waals surface area contributed by atoms with Crippen LogP contribution in [0.3, 0.4) is 0 Å². The number of para-hydroxylation sites is 1. The van der Waals surface area contributed by atoms with E-state index in [4.69, 9.17) is 4.74 Å². The van der Waals surface area contributed by atoms with Gasteiger partial charge in [0, 0.05) is 11.8 Å². The van der Waals surface area contributed by atoms with Crippen LogP contribution in [0.5, 0.6) is 11.6 Å². The Balaban J connectivity index is 2.36. The van der Waals surface area contributed by atoms with E-state index >= 15 is 0 Å². The monoisotopic (exact) mass is 319 g/mol. The first-order valence-electron chi connectivity index (χ1n) is 5.89. The van der Waals surface area contributed by atoms with Gasteiger partial charge in [0.2, 0.25) is 5.88 Å². The second kappa shape index (κ2) is 5.53. The van der Waals surface area contributed by atoms with Gasteiger partial charge in [-0.3, -0.25) is 4.79 Å². The van der Waals surface area contributed by atoms with E-state index in [1.54, 1.807) is 6.07 Å². The van der Waals surface area contributed by atoms with Crippen LogP contribution in [0, 0.1) is 13.8 Å². The number of nitrogens with zero attached hydrogens (tertiary/aromatic N) is 1. The lowest BCUT2D eigenvalue weighted by Gasteiger charge is -2.12. The predicted molar refractivity (Wildman–Crippen MR) is 77.9 cm³/mol. The first kappa shape index (κ1) is 13.7. The molecule has 0 spiro atoms. The summed E-state index contributed by atoms with van der Waals surface area (Å²) in [6, 6.07) is 7.68. The number of halogens is 1. The first-order valence-corrected chi connectivity index (χ1v) is 6.69. The molecular formula is C15H14BrNO2. The zero-order valence-corrected chi connectivity index (χ0v) is 12.6. The average Bonchev–Trinajstić information content (AvgIpc) is 2.35. The third-order valence-electron chi connectivity index (χ3n) is 2.82. The highest BCUT2D eigenvalue weighted by Gasteiger charge is 2.11. The van der Waals surface area contributed by atoms with Crippen LogP contribution in [0.1, 0.15) is 28.4 Å². The maximum absolute atomic E-state index is 11.3. The Labute approximate surface area is 120 Å². The number of ether oxygens (including phenoxy) is 1. The molecule has 0 bridgehead atoms. The van der Waals surface area contributed by atoms with Crippen molar-refractivity contribution in [2.75, 3.05) is 0 Å². The summed E-state index contributed by atoms with van der Waals surface area (Å²) in [6.07, 6.45) is 1.52. The molecule has 1 heterocycles. The first-order chi connectivity index (χ1) is 8.99. The Kier molecular flexibility index (Phi) is 4.00. The number of aromatic nitrogens is 1. The van der Waals surface area contributed by atoms with E-state index in [1.165, 1.54) is 13.1 Å². The van der Waals surface area contributed by atoms with Gasteiger partial charge >= 0.3 is 0 Å². The van der Waals surface area contributed by atoms with Gasteiger partial charge < -0.3 is 4.74 Å². The van der Waals surface area contributed by atoms with E-state index < -0.39 is 0 Å². The number of ketones is 1. The number of hydrogen-bond acceptors (Lipinski definition) is 3. The highest BCUT2D eigenvalue weighted by Crippen LogP contribution is 2.32. The Bertz CT molecular complexity index is 618. The van der Waals surface area contributed by atoms with Gasteiger partial charge in [-0.15, -0.1) is 0 Å². The van der Waals surface area contributed by atoms with Gasteiger partial charge in [-0.1, -0.05) is 18.2 Å². The third-order valence-corrected chi connectivity index (χ3v) is 3.39. The van der Waals surface area contributed by atoms with Crippen molar-refractivity contribution in [1.82, 2.24) is 4.98 Å². The molecular weight excluding hydrogens is 306 g/mol. The molecule has 0 atom stereocenters.